The van der Waals surface area contributed by atoms with Crippen LogP contribution in [0.1, 0.15) is 10.4 Å². The highest BCUT2D eigenvalue weighted by molar-refractivity contribution is 8.00. The van der Waals surface area contributed by atoms with Crippen molar-refractivity contribution >= 4 is 35.4 Å². The fourth-order valence-electron chi connectivity index (χ4n) is 2.02. The monoisotopic (exact) mass is 311 g/mol. The zero-order valence-electron chi connectivity index (χ0n) is 11.5. The Hall–Kier alpha value is -1.14. The van der Waals surface area contributed by atoms with Crippen LogP contribution in [0, 0.1) is 0 Å². The number of methoxy groups -OCH3 is 1. The molecular weight excluding hydrogens is 294 g/mol. The first-order valence-corrected chi connectivity index (χ1v) is 8.56. The van der Waals surface area contributed by atoms with Gasteiger partial charge in [0.25, 0.3) is 5.91 Å². The van der Waals surface area contributed by atoms with Crippen LogP contribution in [-0.2, 0) is 9.53 Å². The van der Waals surface area contributed by atoms with Gasteiger partial charge in [-0.2, -0.15) is 0 Å². The second-order valence-electron chi connectivity index (χ2n) is 4.36. The molecule has 2 rings (SSSR count). The highest BCUT2D eigenvalue weighted by Gasteiger charge is 2.29. The van der Waals surface area contributed by atoms with Crippen molar-refractivity contribution in [3.63, 3.8) is 0 Å². The molecule has 0 aliphatic carbocycles. The molecule has 108 valence electrons. The maximum atomic E-state index is 12.4. The Morgan fingerprint density at radius 2 is 2.05 bits per heavy atom. The Morgan fingerprint density at radius 1 is 1.35 bits per heavy atom. The topological polar surface area (TPSA) is 46.6 Å². The van der Waals surface area contributed by atoms with E-state index in [1.54, 1.807) is 28.4 Å². The summed E-state index contributed by atoms with van der Waals surface area (Å²) < 4.78 is 4.75. The first-order valence-electron chi connectivity index (χ1n) is 6.28. The zero-order chi connectivity index (χ0) is 14.5. The molecule has 0 N–H and O–H groups in total. The molecule has 1 fully saturated rings. The van der Waals surface area contributed by atoms with E-state index in [0.29, 0.717) is 18.7 Å². The van der Waals surface area contributed by atoms with Gasteiger partial charge in [-0.05, 0) is 30.5 Å². The van der Waals surface area contributed by atoms with E-state index in [4.69, 9.17) is 4.74 Å². The van der Waals surface area contributed by atoms with Crippen LogP contribution in [0.15, 0.2) is 29.2 Å². The van der Waals surface area contributed by atoms with Crippen LogP contribution in [0.4, 0.5) is 0 Å². The van der Waals surface area contributed by atoms with Gasteiger partial charge in [0.15, 0.2) is 0 Å². The van der Waals surface area contributed by atoms with Crippen LogP contribution in [-0.4, -0.2) is 54.2 Å². The summed E-state index contributed by atoms with van der Waals surface area (Å²) in [6.07, 6.45) is 2.00. The van der Waals surface area contributed by atoms with Crippen molar-refractivity contribution in [1.82, 2.24) is 4.90 Å². The Bertz CT molecular complexity index is 490. The molecule has 0 bridgehead atoms. The van der Waals surface area contributed by atoms with Crippen molar-refractivity contribution in [2.45, 2.75) is 10.1 Å². The minimum absolute atomic E-state index is 0.0214. The number of carbonyl (C=O) groups excluding carboxylic acids is 2. The van der Waals surface area contributed by atoms with E-state index in [9.17, 15) is 9.59 Å². The van der Waals surface area contributed by atoms with E-state index in [0.717, 1.165) is 10.6 Å². The Morgan fingerprint density at radius 3 is 2.65 bits per heavy atom. The predicted molar refractivity (Wildman–Crippen MR) is 82.4 cm³/mol. The molecule has 20 heavy (non-hydrogen) atoms. The van der Waals surface area contributed by atoms with Crippen molar-refractivity contribution < 1.29 is 14.3 Å². The van der Waals surface area contributed by atoms with Gasteiger partial charge in [0.1, 0.15) is 5.25 Å². The molecule has 1 atom stereocenters. The average molecular weight is 311 g/mol. The lowest BCUT2D eigenvalue weighted by atomic mass is 10.2. The molecule has 0 aromatic heterocycles. The SMILES string of the molecule is COC(=O)[C@H]1CN(C(=O)c2ccc(SC)cc2)CCS1. The maximum absolute atomic E-state index is 12.4. The average Bonchev–Trinajstić information content (AvgIpc) is 2.53. The van der Waals surface area contributed by atoms with Gasteiger partial charge in [0, 0.05) is 29.3 Å². The third-order valence-electron chi connectivity index (χ3n) is 3.15. The number of carbonyl (C=O) groups is 2. The smallest absolute Gasteiger partial charge is 0.320 e. The zero-order valence-corrected chi connectivity index (χ0v) is 13.1. The number of esters is 1. The molecule has 6 heteroatoms. The van der Waals surface area contributed by atoms with Gasteiger partial charge in [0.2, 0.25) is 0 Å². The third kappa shape index (κ3) is 3.49. The van der Waals surface area contributed by atoms with Crippen molar-refractivity contribution in [2.24, 2.45) is 0 Å². The lowest BCUT2D eigenvalue weighted by Gasteiger charge is -2.31. The molecule has 1 amide bonds. The van der Waals surface area contributed by atoms with Gasteiger partial charge in [-0.15, -0.1) is 23.5 Å². The van der Waals surface area contributed by atoms with Gasteiger partial charge in [0.05, 0.1) is 7.11 Å². The second kappa shape index (κ2) is 7.04. The van der Waals surface area contributed by atoms with Crippen LogP contribution in [0.5, 0.6) is 0 Å². The molecule has 1 heterocycles. The van der Waals surface area contributed by atoms with Crippen LogP contribution in [0.3, 0.4) is 0 Å². The minimum Gasteiger partial charge on any atom is -0.468 e. The predicted octanol–water partition coefficient (Wildman–Crippen LogP) is 2.14. The normalized spacial score (nSPS) is 18.7. The Labute approximate surface area is 127 Å². The number of hydrogen-bond acceptors (Lipinski definition) is 5. The van der Waals surface area contributed by atoms with E-state index in [1.807, 2.05) is 30.5 Å². The number of ether oxygens (including phenoxy) is 1. The second-order valence-corrected chi connectivity index (χ2v) is 6.55. The molecular formula is C14H17NO3S2. The summed E-state index contributed by atoms with van der Waals surface area (Å²) in [5.41, 5.74) is 0.665. The molecule has 1 saturated heterocycles. The summed E-state index contributed by atoms with van der Waals surface area (Å²) in [7, 11) is 1.38. The van der Waals surface area contributed by atoms with E-state index in [1.165, 1.54) is 7.11 Å². The highest BCUT2D eigenvalue weighted by atomic mass is 32.2. The first-order chi connectivity index (χ1) is 9.65. The van der Waals surface area contributed by atoms with Crippen molar-refractivity contribution in [2.75, 3.05) is 32.2 Å². The first kappa shape index (κ1) is 15.3. The van der Waals surface area contributed by atoms with Crippen LogP contribution < -0.4 is 0 Å². The summed E-state index contributed by atoms with van der Waals surface area (Å²) in [4.78, 5) is 26.8. The summed E-state index contributed by atoms with van der Waals surface area (Å²) in [6, 6.07) is 7.55. The minimum atomic E-state index is -0.275. The quantitative estimate of drug-likeness (QED) is 0.632. The van der Waals surface area contributed by atoms with Crippen LogP contribution in [0.25, 0.3) is 0 Å². The van der Waals surface area contributed by atoms with Gasteiger partial charge in [-0.25, -0.2) is 0 Å². The fraction of sp³-hybridized carbons (Fsp3) is 0.429. The van der Waals surface area contributed by atoms with E-state index < -0.39 is 0 Å². The lowest BCUT2D eigenvalue weighted by molar-refractivity contribution is -0.140. The summed E-state index contributed by atoms with van der Waals surface area (Å²) >= 11 is 3.19. The van der Waals surface area contributed by atoms with Crippen LogP contribution in [0.2, 0.25) is 0 Å². The number of amides is 1. The Balaban J connectivity index is 2.05. The van der Waals surface area contributed by atoms with Crippen molar-refractivity contribution in [3.8, 4) is 0 Å². The third-order valence-corrected chi connectivity index (χ3v) is 5.06. The van der Waals surface area contributed by atoms with Crippen molar-refractivity contribution in [1.29, 1.82) is 0 Å². The van der Waals surface area contributed by atoms with E-state index in [-0.39, 0.29) is 17.1 Å². The number of rotatable bonds is 3. The van der Waals surface area contributed by atoms with E-state index >= 15 is 0 Å². The Kier molecular flexibility index (Phi) is 5.37. The summed E-state index contributed by atoms with van der Waals surface area (Å²) in [6.45, 7) is 1.09. The van der Waals surface area contributed by atoms with E-state index in [2.05, 4.69) is 0 Å². The maximum Gasteiger partial charge on any atom is 0.320 e. The van der Waals surface area contributed by atoms with Gasteiger partial charge in [-0.1, -0.05) is 0 Å². The van der Waals surface area contributed by atoms with Gasteiger partial charge in [-0.3, -0.25) is 9.59 Å². The molecule has 1 aliphatic rings. The number of thioether (sulfide) groups is 2. The highest BCUT2D eigenvalue weighted by Crippen LogP contribution is 2.22. The molecule has 4 nitrogen and oxygen atoms in total. The summed E-state index contributed by atoms with van der Waals surface area (Å²) in [5, 5.41) is -0.275. The number of nitrogens with zero attached hydrogens (tertiary/aromatic N) is 1. The standard InChI is InChI=1S/C14H17NO3S2/c1-18-14(17)12-9-15(7-8-20-12)13(16)10-3-5-11(19-2)6-4-10/h3-6,12H,7-9H2,1-2H3/t12-/m1/s1. The van der Waals surface area contributed by atoms with Crippen LogP contribution >= 0.6 is 23.5 Å². The molecule has 0 spiro atoms. The summed E-state index contributed by atoms with van der Waals surface area (Å²) in [5.74, 6) is 0.478. The lowest BCUT2D eigenvalue weighted by Crippen LogP contribution is -2.44. The van der Waals surface area contributed by atoms with Gasteiger partial charge >= 0.3 is 5.97 Å². The number of hydrogen-bond donors (Lipinski definition) is 0. The molecule has 0 saturated carbocycles. The molecule has 0 unspecified atom stereocenters. The van der Waals surface area contributed by atoms with Crippen molar-refractivity contribution in [3.05, 3.63) is 29.8 Å². The molecule has 1 aliphatic heterocycles. The molecule has 1 aromatic rings. The van der Waals surface area contributed by atoms with Gasteiger partial charge < -0.3 is 9.64 Å². The fourth-order valence-corrected chi connectivity index (χ4v) is 3.56. The largest absolute Gasteiger partial charge is 0.468 e. The molecule has 0 radical (unpaired) electrons. The number of benzene rings is 1. The molecule has 1 aromatic carbocycles.